The van der Waals surface area contributed by atoms with Gasteiger partial charge in [0.2, 0.25) is 0 Å². The first-order chi connectivity index (χ1) is 6.24. The van der Waals surface area contributed by atoms with Crippen molar-refractivity contribution in [2.45, 2.75) is 6.42 Å². The third kappa shape index (κ3) is 3.46. The first-order valence-corrected chi connectivity index (χ1v) is 5.63. The molecule has 1 aromatic heterocycles. The number of carbonyl (C=O) groups is 1. The maximum Gasteiger partial charge on any atom is 0.252 e. The van der Waals surface area contributed by atoms with E-state index in [2.05, 4.69) is 21.2 Å². The van der Waals surface area contributed by atoms with E-state index in [1.165, 1.54) is 11.3 Å². The SMILES string of the molecule is NCCCNC(=O)c1csc(Br)c1. The smallest absolute Gasteiger partial charge is 0.252 e. The first-order valence-electron chi connectivity index (χ1n) is 3.96. The Balaban J connectivity index is 2.40. The lowest BCUT2D eigenvalue weighted by atomic mass is 10.3. The first kappa shape index (κ1) is 10.7. The van der Waals surface area contributed by atoms with Gasteiger partial charge in [0, 0.05) is 11.9 Å². The molecule has 0 aromatic carbocycles. The Bertz CT molecular complexity index is 287. The number of nitrogens with two attached hydrogens (primary N) is 1. The molecule has 1 heterocycles. The molecule has 0 bridgehead atoms. The summed E-state index contributed by atoms with van der Waals surface area (Å²) >= 11 is 4.80. The molecule has 0 radical (unpaired) electrons. The predicted octanol–water partition coefficient (Wildman–Crippen LogP) is 1.59. The molecule has 0 spiro atoms. The van der Waals surface area contributed by atoms with Crippen molar-refractivity contribution in [2.24, 2.45) is 5.73 Å². The van der Waals surface area contributed by atoms with Gasteiger partial charge in [0.1, 0.15) is 0 Å². The number of nitrogens with one attached hydrogen (secondary N) is 1. The van der Waals surface area contributed by atoms with E-state index < -0.39 is 0 Å². The predicted molar refractivity (Wildman–Crippen MR) is 58.0 cm³/mol. The van der Waals surface area contributed by atoms with Gasteiger partial charge >= 0.3 is 0 Å². The summed E-state index contributed by atoms with van der Waals surface area (Å²) in [6.07, 6.45) is 0.817. The van der Waals surface area contributed by atoms with Crippen molar-refractivity contribution in [1.29, 1.82) is 0 Å². The third-order valence-electron chi connectivity index (χ3n) is 1.50. The van der Waals surface area contributed by atoms with Gasteiger partial charge in [-0.15, -0.1) is 11.3 Å². The van der Waals surface area contributed by atoms with Crippen LogP contribution in [0, 0.1) is 0 Å². The quantitative estimate of drug-likeness (QED) is 0.810. The average molecular weight is 263 g/mol. The summed E-state index contributed by atoms with van der Waals surface area (Å²) in [5.41, 5.74) is 6.00. The van der Waals surface area contributed by atoms with E-state index in [0.29, 0.717) is 18.7 Å². The van der Waals surface area contributed by atoms with Crippen LogP contribution in [0.4, 0.5) is 0 Å². The van der Waals surface area contributed by atoms with Crippen molar-refractivity contribution in [3.8, 4) is 0 Å². The molecule has 0 atom stereocenters. The molecule has 0 saturated heterocycles. The lowest BCUT2D eigenvalue weighted by Crippen LogP contribution is -2.25. The minimum absolute atomic E-state index is 0.0320. The van der Waals surface area contributed by atoms with Gasteiger partial charge in [-0.1, -0.05) is 0 Å². The van der Waals surface area contributed by atoms with E-state index >= 15 is 0 Å². The van der Waals surface area contributed by atoms with Crippen LogP contribution in [0.15, 0.2) is 15.2 Å². The summed E-state index contributed by atoms with van der Waals surface area (Å²) in [7, 11) is 0. The van der Waals surface area contributed by atoms with Gasteiger partial charge in [-0.3, -0.25) is 4.79 Å². The van der Waals surface area contributed by atoms with Crippen molar-refractivity contribution in [3.05, 3.63) is 20.8 Å². The van der Waals surface area contributed by atoms with Crippen LogP contribution >= 0.6 is 27.3 Å². The highest BCUT2D eigenvalue weighted by Gasteiger charge is 2.05. The molecule has 5 heteroatoms. The lowest BCUT2D eigenvalue weighted by molar-refractivity contribution is 0.0954. The molecule has 72 valence electrons. The van der Waals surface area contributed by atoms with Crippen LogP contribution in [0.3, 0.4) is 0 Å². The van der Waals surface area contributed by atoms with E-state index in [0.717, 1.165) is 10.2 Å². The zero-order valence-electron chi connectivity index (χ0n) is 7.05. The molecule has 1 rings (SSSR count). The van der Waals surface area contributed by atoms with Crippen LogP contribution < -0.4 is 11.1 Å². The average Bonchev–Trinajstić information content (AvgIpc) is 2.52. The van der Waals surface area contributed by atoms with Gasteiger partial charge in [-0.25, -0.2) is 0 Å². The largest absolute Gasteiger partial charge is 0.352 e. The van der Waals surface area contributed by atoms with Crippen LogP contribution in [0.25, 0.3) is 0 Å². The maximum atomic E-state index is 11.4. The fourth-order valence-electron chi connectivity index (χ4n) is 0.835. The lowest BCUT2D eigenvalue weighted by Gasteiger charge is -2.00. The molecule has 0 saturated carbocycles. The van der Waals surface area contributed by atoms with Crippen LogP contribution in [-0.4, -0.2) is 19.0 Å². The van der Waals surface area contributed by atoms with Crippen molar-refractivity contribution in [1.82, 2.24) is 5.32 Å². The molecule has 1 aromatic rings. The van der Waals surface area contributed by atoms with Gasteiger partial charge < -0.3 is 11.1 Å². The van der Waals surface area contributed by atoms with Crippen molar-refractivity contribution < 1.29 is 4.79 Å². The zero-order chi connectivity index (χ0) is 9.68. The van der Waals surface area contributed by atoms with Crippen LogP contribution in [0.1, 0.15) is 16.8 Å². The molecule has 1 amide bonds. The number of hydrogen-bond donors (Lipinski definition) is 2. The number of amides is 1. The Morgan fingerprint density at radius 1 is 1.69 bits per heavy atom. The zero-order valence-corrected chi connectivity index (χ0v) is 9.45. The number of rotatable bonds is 4. The molecule has 0 fully saturated rings. The van der Waals surface area contributed by atoms with E-state index in [-0.39, 0.29) is 5.91 Å². The highest BCUT2D eigenvalue weighted by molar-refractivity contribution is 9.11. The van der Waals surface area contributed by atoms with E-state index in [4.69, 9.17) is 5.73 Å². The topological polar surface area (TPSA) is 55.1 Å². The minimum Gasteiger partial charge on any atom is -0.352 e. The Kier molecular flexibility index (Phi) is 4.41. The van der Waals surface area contributed by atoms with Crippen LogP contribution in [-0.2, 0) is 0 Å². The number of carbonyl (C=O) groups excluding carboxylic acids is 1. The maximum absolute atomic E-state index is 11.4. The third-order valence-corrected chi connectivity index (χ3v) is 3.00. The fraction of sp³-hybridized carbons (Fsp3) is 0.375. The Hall–Kier alpha value is -0.390. The fourth-order valence-corrected chi connectivity index (χ4v) is 1.97. The Labute approximate surface area is 89.5 Å². The highest BCUT2D eigenvalue weighted by atomic mass is 79.9. The summed E-state index contributed by atoms with van der Waals surface area (Å²) in [5, 5.41) is 4.60. The van der Waals surface area contributed by atoms with Crippen molar-refractivity contribution in [2.75, 3.05) is 13.1 Å². The van der Waals surface area contributed by atoms with Crippen molar-refractivity contribution in [3.63, 3.8) is 0 Å². The number of hydrogen-bond acceptors (Lipinski definition) is 3. The summed E-state index contributed by atoms with van der Waals surface area (Å²) < 4.78 is 0.969. The highest BCUT2D eigenvalue weighted by Crippen LogP contribution is 2.20. The molecule has 0 aliphatic heterocycles. The van der Waals surface area contributed by atoms with Gasteiger partial charge in [-0.2, -0.15) is 0 Å². The summed E-state index contributed by atoms with van der Waals surface area (Å²) in [5.74, 6) is -0.0320. The van der Waals surface area contributed by atoms with Crippen LogP contribution in [0.2, 0.25) is 0 Å². The van der Waals surface area contributed by atoms with Gasteiger partial charge in [0.25, 0.3) is 5.91 Å². The van der Waals surface area contributed by atoms with Crippen molar-refractivity contribution >= 4 is 33.2 Å². The summed E-state index contributed by atoms with van der Waals surface area (Å²) in [6, 6.07) is 1.81. The number of halogens is 1. The standard InChI is InChI=1S/C8H11BrN2OS/c9-7-4-6(5-13-7)8(12)11-3-1-2-10/h4-5H,1-3,10H2,(H,11,12). The van der Waals surface area contributed by atoms with Gasteiger partial charge in [-0.05, 0) is 35.0 Å². The second-order valence-electron chi connectivity index (χ2n) is 2.54. The van der Waals surface area contributed by atoms with Gasteiger partial charge in [0.15, 0.2) is 0 Å². The molecule has 13 heavy (non-hydrogen) atoms. The Morgan fingerprint density at radius 3 is 3.00 bits per heavy atom. The normalized spacial score (nSPS) is 10.0. The minimum atomic E-state index is -0.0320. The molecule has 0 aliphatic rings. The molecular formula is C8H11BrN2OS. The monoisotopic (exact) mass is 262 g/mol. The van der Waals surface area contributed by atoms with E-state index in [1.807, 2.05) is 11.4 Å². The summed E-state index contributed by atoms with van der Waals surface area (Å²) in [6.45, 7) is 1.25. The summed E-state index contributed by atoms with van der Waals surface area (Å²) in [4.78, 5) is 11.4. The van der Waals surface area contributed by atoms with Gasteiger partial charge in [0.05, 0.1) is 9.35 Å². The van der Waals surface area contributed by atoms with E-state index in [9.17, 15) is 4.79 Å². The number of thiophene rings is 1. The Morgan fingerprint density at radius 2 is 2.46 bits per heavy atom. The molecule has 3 nitrogen and oxygen atoms in total. The van der Waals surface area contributed by atoms with Crippen LogP contribution in [0.5, 0.6) is 0 Å². The molecule has 0 unspecified atom stereocenters. The molecular weight excluding hydrogens is 252 g/mol. The van der Waals surface area contributed by atoms with E-state index in [1.54, 1.807) is 0 Å². The molecule has 0 aliphatic carbocycles. The molecule has 3 N–H and O–H groups in total. The second-order valence-corrected chi connectivity index (χ2v) is 4.83. The second kappa shape index (κ2) is 5.36.